The molecule has 1 aliphatic rings. The smallest absolute Gasteiger partial charge is 0.0429 e. The SMILES string of the molecule is C=C=C/C=C(C#C[C@@H]1C=CS(C)(S)#CCC1C)\C=C(\C)N. The molecular weight excluding hydrogens is 294 g/mol. The second-order valence-corrected chi connectivity index (χ2v) is 9.98. The molecule has 1 rings (SSSR count). The van der Waals surface area contributed by atoms with Crippen LogP contribution in [0.2, 0.25) is 0 Å². The lowest BCUT2D eigenvalue weighted by atomic mass is 9.92. The molecule has 2 N–H and O–H groups in total. The summed E-state index contributed by atoms with van der Waals surface area (Å²) in [6.45, 7) is 7.60. The van der Waals surface area contributed by atoms with Crippen LogP contribution in [-0.2, 0) is 0 Å². The van der Waals surface area contributed by atoms with Crippen molar-refractivity contribution in [3.05, 3.63) is 53.3 Å². The van der Waals surface area contributed by atoms with E-state index in [1.54, 1.807) is 6.08 Å². The first-order valence-corrected chi connectivity index (χ1v) is 9.95. The van der Waals surface area contributed by atoms with E-state index in [4.69, 9.17) is 5.73 Å². The minimum atomic E-state index is -1.13. The fourth-order valence-electron chi connectivity index (χ4n) is 1.78. The molecule has 0 spiro atoms. The molecule has 1 aliphatic heterocycles. The van der Waals surface area contributed by atoms with E-state index < -0.39 is 8.47 Å². The van der Waals surface area contributed by atoms with Crippen LogP contribution in [0, 0.1) is 28.9 Å². The zero-order chi connectivity index (χ0) is 15.9. The summed E-state index contributed by atoms with van der Waals surface area (Å²) in [5.74, 6) is 7.18. The van der Waals surface area contributed by atoms with Crippen LogP contribution in [0.15, 0.2) is 53.3 Å². The van der Waals surface area contributed by atoms with Gasteiger partial charge in [0.05, 0.1) is 0 Å². The molecular formula is C18H23NS2. The Labute approximate surface area is 134 Å². The maximum Gasteiger partial charge on any atom is 0.0429 e. The third kappa shape index (κ3) is 6.71. The Hall–Kier alpha value is -1.42. The fourth-order valence-corrected chi connectivity index (χ4v) is 3.39. The zero-order valence-corrected chi connectivity index (χ0v) is 14.6. The summed E-state index contributed by atoms with van der Waals surface area (Å²) < 4.78 is 0. The highest BCUT2D eigenvalue weighted by Crippen LogP contribution is 2.39. The van der Waals surface area contributed by atoms with E-state index in [1.807, 2.05) is 19.1 Å². The van der Waals surface area contributed by atoms with Crippen LogP contribution in [-0.4, -0.2) is 6.26 Å². The lowest BCUT2D eigenvalue weighted by Crippen LogP contribution is -2.05. The molecule has 0 saturated carbocycles. The topological polar surface area (TPSA) is 26.0 Å². The molecule has 0 amide bonds. The van der Waals surface area contributed by atoms with Crippen LogP contribution in [0.4, 0.5) is 0 Å². The number of allylic oxidation sites excluding steroid dienone is 6. The van der Waals surface area contributed by atoms with Gasteiger partial charge in [0, 0.05) is 23.6 Å². The van der Waals surface area contributed by atoms with E-state index >= 15 is 0 Å². The van der Waals surface area contributed by atoms with Crippen LogP contribution in [0.25, 0.3) is 0 Å². The highest BCUT2D eigenvalue weighted by molar-refractivity contribution is 8.83. The van der Waals surface area contributed by atoms with Crippen molar-refractivity contribution in [2.75, 3.05) is 6.26 Å². The Kier molecular flexibility index (Phi) is 6.82. The Morgan fingerprint density at radius 1 is 1.57 bits per heavy atom. The molecule has 0 aromatic heterocycles. The van der Waals surface area contributed by atoms with Gasteiger partial charge in [-0.05, 0) is 42.7 Å². The van der Waals surface area contributed by atoms with E-state index in [0.717, 1.165) is 17.7 Å². The summed E-state index contributed by atoms with van der Waals surface area (Å²) >= 11 is 4.65. The van der Waals surface area contributed by atoms with Crippen LogP contribution >= 0.6 is 20.1 Å². The Balaban J connectivity index is 3.05. The monoisotopic (exact) mass is 317 g/mol. The predicted octanol–water partition coefficient (Wildman–Crippen LogP) is 4.53. The van der Waals surface area contributed by atoms with Crippen molar-refractivity contribution in [3.8, 4) is 17.0 Å². The lowest BCUT2D eigenvalue weighted by molar-refractivity contribution is 0.528. The molecule has 0 aliphatic carbocycles. The average Bonchev–Trinajstić information content (AvgIpc) is 2.53. The Morgan fingerprint density at radius 3 is 2.90 bits per heavy atom. The van der Waals surface area contributed by atoms with Gasteiger partial charge in [0.25, 0.3) is 0 Å². The van der Waals surface area contributed by atoms with E-state index in [9.17, 15) is 0 Å². The van der Waals surface area contributed by atoms with E-state index in [-0.39, 0.29) is 5.92 Å². The first kappa shape index (κ1) is 17.6. The third-order valence-corrected chi connectivity index (χ3v) is 5.20. The zero-order valence-electron chi connectivity index (χ0n) is 12.9. The molecule has 1 nitrogen and oxygen atoms in total. The standard InChI is InChI=1S/C18H23NS2/c1-5-6-7-17(14-16(3)19)8-9-18-11-13-21(4,20)12-10-15(18)2/h6-7,11,13-15,18,20H,1,10,19H2,2-4H3/b16-14-,17-7-/t15?,18-/m1/s1. The lowest BCUT2D eigenvalue weighted by Gasteiger charge is -2.10. The van der Waals surface area contributed by atoms with Gasteiger partial charge in [-0.3, -0.25) is 0 Å². The maximum atomic E-state index is 5.73. The molecule has 1 heterocycles. The minimum absolute atomic E-state index is 0.210. The molecule has 0 aromatic carbocycles. The third-order valence-electron chi connectivity index (χ3n) is 3.01. The van der Waals surface area contributed by atoms with Crippen LogP contribution in [0.3, 0.4) is 0 Å². The van der Waals surface area contributed by atoms with Gasteiger partial charge in [0.1, 0.15) is 0 Å². The van der Waals surface area contributed by atoms with Crippen molar-refractivity contribution in [2.45, 2.75) is 20.3 Å². The maximum absolute atomic E-state index is 5.73. The fraction of sp³-hybridized carbons (Fsp3) is 0.333. The second kappa shape index (κ2) is 8.13. The van der Waals surface area contributed by atoms with Gasteiger partial charge in [0.15, 0.2) is 0 Å². The highest BCUT2D eigenvalue weighted by atomic mass is 33.1. The predicted molar refractivity (Wildman–Crippen MR) is 100 cm³/mol. The number of nitrogens with two attached hydrogens (primary N) is 1. The van der Waals surface area contributed by atoms with Crippen molar-refractivity contribution in [2.24, 2.45) is 17.6 Å². The second-order valence-electron chi connectivity index (χ2n) is 5.27. The minimum Gasteiger partial charge on any atom is -0.402 e. The summed E-state index contributed by atoms with van der Waals surface area (Å²) in [5.41, 5.74) is 10.0. The Morgan fingerprint density at radius 2 is 2.29 bits per heavy atom. The van der Waals surface area contributed by atoms with Gasteiger partial charge < -0.3 is 5.73 Å². The molecule has 112 valence electrons. The first-order chi connectivity index (χ1) is 9.84. The van der Waals surface area contributed by atoms with E-state index in [2.05, 4.69) is 65.7 Å². The van der Waals surface area contributed by atoms with E-state index in [0.29, 0.717) is 5.92 Å². The molecule has 21 heavy (non-hydrogen) atoms. The summed E-state index contributed by atoms with van der Waals surface area (Å²) in [7, 11) is -1.13. The molecule has 0 aromatic rings. The molecule has 3 heteroatoms. The van der Waals surface area contributed by atoms with Crippen molar-refractivity contribution < 1.29 is 0 Å². The van der Waals surface area contributed by atoms with Gasteiger partial charge in [-0.2, -0.15) is 0 Å². The van der Waals surface area contributed by atoms with Crippen molar-refractivity contribution >= 4 is 20.1 Å². The van der Waals surface area contributed by atoms with Crippen molar-refractivity contribution in [3.63, 3.8) is 0 Å². The van der Waals surface area contributed by atoms with Crippen LogP contribution < -0.4 is 5.73 Å². The number of rotatable bonds is 2. The van der Waals surface area contributed by atoms with Crippen molar-refractivity contribution in [1.29, 1.82) is 0 Å². The average molecular weight is 318 g/mol. The summed E-state index contributed by atoms with van der Waals surface area (Å²) in [4.78, 5) is 0. The van der Waals surface area contributed by atoms with Crippen LogP contribution in [0.5, 0.6) is 0 Å². The number of hydrogen-bond donors (Lipinski definition) is 2. The quantitative estimate of drug-likeness (QED) is 0.253. The van der Waals surface area contributed by atoms with Gasteiger partial charge in [-0.1, -0.05) is 31.4 Å². The Bertz CT molecular complexity index is 692. The van der Waals surface area contributed by atoms with Gasteiger partial charge >= 0.3 is 0 Å². The summed E-state index contributed by atoms with van der Waals surface area (Å²) in [6, 6.07) is 0. The van der Waals surface area contributed by atoms with Gasteiger partial charge in [-0.15, -0.1) is 31.0 Å². The molecule has 2 unspecified atom stereocenters. The molecule has 0 bridgehead atoms. The number of thiol groups is 1. The normalized spacial score (nSPS) is 29.1. The summed E-state index contributed by atoms with van der Waals surface area (Å²) in [5, 5.41) is 5.63. The molecule has 0 radical (unpaired) electrons. The summed E-state index contributed by atoms with van der Waals surface area (Å²) in [6.07, 6.45) is 10.7. The van der Waals surface area contributed by atoms with Gasteiger partial charge in [0.2, 0.25) is 0 Å². The van der Waals surface area contributed by atoms with E-state index in [1.165, 1.54) is 0 Å². The molecule has 3 atom stereocenters. The van der Waals surface area contributed by atoms with Crippen LogP contribution in [0.1, 0.15) is 20.3 Å². The first-order valence-electron chi connectivity index (χ1n) is 6.79. The van der Waals surface area contributed by atoms with Gasteiger partial charge in [-0.25, -0.2) is 0 Å². The highest BCUT2D eigenvalue weighted by Gasteiger charge is 2.14. The van der Waals surface area contributed by atoms with Crippen molar-refractivity contribution in [1.82, 2.24) is 0 Å². The molecule has 0 fully saturated rings. The largest absolute Gasteiger partial charge is 0.402 e. The molecule has 0 saturated heterocycles. The number of hydrogen-bond acceptors (Lipinski definition) is 2.